The monoisotopic (exact) mass is 216 g/mol. The van der Waals surface area contributed by atoms with Gasteiger partial charge in [0.05, 0.1) is 18.8 Å². The lowest BCUT2D eigenvalue weighted by Crippen LogP contribution is -2.35. The maximum Gasteiger partial charge on any atom is 0.330 e. The first-order chi connectivity index (χ1) is 6.77. The molecule has 0 saturated heterocycles. The van der Waals surface area contributed by atoms with E-state index < -0.39 is 17.7 Å². The van der Waals surface area contributed by atoms with Crippen molar-refractivity contribution in [1.29, 1.82) is 0 Å². The minimum absolute atomic E-state index is 0.398. The smallest absolute Gasteiger partial charge is 0.330 e. The van der Waals surface area contributed by atoms with Crippen LogP contribution >= 0.6 is 0 Å². The number of aliphatic hydroxyl groups excluding tert-OH is 1. The highest BCUT2D eigenvalue weighted by Gasteiger charge is 2.23. The van der Waals surface area contributed by atoms with Gasteiger partial charge in [-0.2, -0.15) is 0 Å². The molecule has 4 heteroatoms. The summed E-state index contributed by atoms with van der Waals surface area (Å²) in [5.41, 5.74) is -0.281. The van der Waals surface area contributed by atoms with Gasteiger partial charge in [0, 0.05) is 6.08 Å². The molecule has 0 aliphatic heterocycles. The summed E-state index contributed by atoms with van der Waals surface area (Å²) in [5, 5.41) is 19.0. The molecule has 0 aromatic rings. The second-order valence-electron chi connectivity index (χ2n) is 4.22. The molecular weight excluding hydrogens is 196 g/mol. The topological polar surface area (TPSA) is 66.8 Å². The molecule has 0 amide bonds. The number of ether oxygens (including phenoxy) is 1. The van der Waals surface area contributed by atoms with Crippen LogP contribution in [0.4, 0.5) is 0 Å². The fourth-order valence-corrected chi connectivity index (χ4v) is 1.05. The van der Waals surface area contributed by atoms with Crippen molar-refractivity contribution < 1.29 is 19.7 Å². The van der Waals surface area contributed by atoms with Gasteiger partial charge in [-0.05, 0) is 33.6 Å². The largest absolute Gasteiger partial charge is 0.466 e. The van der Waals surface area contributed by atoms with E-state index in [4.69, 9.17) is 0 Å². The molecule has 0 spiro atoms. The van der Waals surface area contributed by atoms with Gasteiger partial charge in [-0.25, -0.2) is 4.79 Å². The van der Waals surface area contributed by atoms with Crippen molar-refractivity contribution in [2.75, 3.05) is 7.11 Å². The van der Waals surface area contributed by atoms with Gasteiger partial charge in [-0.15, -0.1) is 0 Å². The quantitative estimate of drug-likeness (QED) is 0.532. The molecule has 0 aliphatic carbocycles. The van der Waals surface area contributed by atoms with Crippen LogP contribution in [0.5, 0.6) is 0 Å². The van der Waals surface area contributed by atoms with Crippen LogP contribution in [0.1, 0.15) is 33.6 Å². The normalized spacial score (nSPS) is 14.9. The molecule has 0 radical (unpaired) electrons. The molecule has 0 heterocycles. The summed E-state index contributed by atoms with van der Waals surface area (Å²) in [6.07, 6.45) is 1.57. The SMILES string of the molecule is COC(=O)/C=C(\C)CCC(O)C(C)(C)O. The lowest BCUT2D eigenvalue weighted by Gasteiger charge is -2.24. The first kappa shape index (κ1) is 14.1. The Hall–Kier alpha value is -0.870. The number of carbonyl (C=O) groups is 1. The van der Waals surface area contributed by atoms with E-state index in [9.17, 15) is 15.0 Å². The lowest BCUT2D eigenvalue weighted by atomic mass is 9.96. The van der Waals surface area contributed by atoms with Crippen molar-refractivity contribution in [2.24, 2.45) is 0 Å². The number of rotatable bonds is 5. The van der Waals surface area contributed by atoms with Crippen molar-refractivity contribution in [1.82, 2.24) is 0 Å². The maximum absolute atomic E-state index is 10.9. The van der Waals surface area contributed by atoms with Crippen molar-refractivity contribution in [3.05, 3.63) is 11.6 Å². The molecule has 0 rings (SSSR count). The highest BCUT2D eigenvalue weighted by atomic mass is 16.5. The van der Waals surface area contributed by atoms with Crippen molar-refractivity contribution >= 4 is 5.97 Å². The van der Waals surface area contributed by atoms with E-state index in [0.29, 0.717) is 12.8 Å². The Morgan fingerprint density at radius 3 is 2.47 bits per heavy atom. The molecule has 2 N–H and O–H groups in total. The zero-order chi connectivity index (χ0) is 12.1. The summed E-state index contributed by atoms with van der Waals surface area (Å²) in [4.78, 5) is 10.9. The van der Waals surface area contributed by atoms with Crippen LogP contribution in [-0.2, 0) is 9.53 Å². The Balaban J connectivity index is 4.06. The van der Waals surface area contributed by atoms with Crippen LogP contribution in [0.15, 0.2) is 11.6 Å². The van der Waals surface area contributed by atoms with Crippen LogP contribution < -0.4 is 0 Å². The van der Waals surface area contributed by atoms with Crippen LogP contribution in [0, 0.1) is 0 Å². The average molecular weight is 216 g/mol. The number of hydrogen-bond donors (Lipinski definition) is 2. The van der Waals surface area contributed by atoms with E-state index in [0.717, 1.165) is 5.57 Å². The van der Waals surface area contributed by atoms with Crippen LogP contribution in [0.3, 0.4) is 0 Å². The van der Waals surface area contributed by atoms with E-state index in [2.05, 4.69) is 4.74 Å². The molecule has 0 bridgehead atoms. The minimum Gasteiger partial charge on any atom is -0.466 e. The standard InChI is InChI=1S/C11H20O4/c1-8(7-10(13)15-4)5-6-9(12)11(2,3)14/h7,9,12,14H,5-6H2,1-4H3/b8-7+. The predicted molar refractivity (Wildman–Crippen MR) is 57.3 cm³/mol. The third-order valence-corrected chi connectivity index (χ3v) is 2.19. The fourth-order valence-electron chi connectivity index (χ4n) is 1.05. The van der Waals surface area contributed by atoms with Crippen molar-refractivity contribution in [2.45, 2.75) is 45.3 Å². The summed E-state index contributed by atoms with van der Waals surface area (Å²) in [7, 11) is 1.32. The molecule has 1 unspecified atom stereocenters. The molecule has 15 heavy (non-hydrogen) atoms. The number of carbonyl (C=O) groups excluding carboxylic acids is 1. The predicted octanol–water partition coefficient (Wildman–Crippen LogP) is 1.02. The third-order valence-electron chi connectivity index (χ3n) is 2.19. The summed E-state index contributed by atoms with van der Waals surface area (Å²) in [6, 6.07) is 0. The first-order valence-electron chi connectivity index (χ1n) is 4.93. The number of hydrogen-bond acceptors (Lipinski definition) is 4. The molecule has 88 valence electrons. The molecule has 1 atom stereocenters. The zero-order valence-corrected chi connectivity index (χ0v) is 9.78. The van der Waals surface area contributed by atoms with Crippen LogP contribution in [-0.4, -0.2) is 35.0 Å². The Morgan fingerprint density at radius 2 is 2.07 bits per heavy atom. The highest BCUT2D eigenvalue weighted by Crippen LogP contribution is 2.16. The number of esters is 1. The summed E-state index contributed by atoms with van der Waals surface area (Å²) >= 11 is 0. The second-order valence-corrected chi connectivity index (χ2v) is 4.22. The average Bonchev–Trinajstić information content (AvgIpc) is 2.12. The summed E-state index contributed by atoms with van der Waals surface area (Å²) in [5.74, 6) is -0.398. The van der Waals surface area contributed by atoms with E-state index in [-0.39, 0.29) is 0 Å². The van der Waals surface area contributed by atoms with Crippen molar-refractivity contribution in [3.8, 4) is 0 Å². The molecule has 0 aliphatic rings. The lowest BCUT2D eigenvalue weighted by molar-refractivity contribution is -0.134. The molecule has 0 fully saturated rings. The van der Waals surface area contributed by atoms with Gasteiger partial charge in [-0.1, -0.05) is 5.57 Å². The number of aliphatic hydroxyl groups is 2. The second kappa shape index (κ2) is 5.88. The Bertz CT molecular complexity index is 237. The van der Waals surface area contributed by atoms with E-state index in [1.807, 2.05) is 0 Å². The zero-order valence-electron chi connectivity index (χ0n) is 9.78. The van der Waals surface area contributed by atoms with Crippen molar-refractivity contribution in [3.63, 3.8) is 0 Å². The van der Waals surface area contributed by atoms with Gasteiger partial charge >= 0.3 is 5.97 Å². The van der Waals surface area contributed by atoms with Gasteiger partial charge in [-0.3, -0.25) is 0 Å². The van der Waals surface area contributed by atoms with Gasteiger partial charge < -0.3 is 14.9 Å². The van der Waals surface area contributed by atoms with E-state index >= 15 is 0 Å². The first-order valence-corrected chi connectivity index (χ1v) is 4.93. The highest BCUT2D eigenvalue weighted by molar-refractivity contribution is 5.82. The molecule has 0 aromatic heterocycles. The van der Waals surface area contributed by atoms with Crippen LogP contribution in [0.2, 0.25) is 0 Å². The molecule has 0 aromatic carbocycles. The van der Waals surface area contributed by atoms with E-state index in [1.165, 1.54) is 13.2 Å². The minimum atomic E-state index is -1.11. The molecule has 4 nitrogen and oxygen atoms in total. The third kappa shape index (κ3) is 6.25. The Morgan fingerprint density at radius 1 is 1.53 bits per heavy atom. The summed E-state index contributed by atoms with van der Waals surface area (Å²) < 4.78 is 4.47. The Kier molecular flexibility index (Phi) is 5.54. The summed E-state index contributed by atoms with van der Waals surface area (Å²) in [6.45, 7) is 4.89. The number of methoxy groups -OCH3 is 1. The molecule has 0 saturated carbocycles. The fraction of sp³-hybridized carbons (Fsp3) is 0.727. The maximum atomic E-state index is 10.9. The van der Waals surface area contributed by atoms with Gasteiger partial charge in [0.15, 0.2) is 0 Å². The Labute approximate surface area is 90.6 Å². The van der Waals surface area contributed by atoms with Gasteiger partial charge in [0.2, 0.25) is 0 Å². The van der Waals surface area contributed by atoms with Gasteiger partial charge in [0.25, 0.3) is 0 Å². The number of allylic oxidation sites excluding steroid dienone is 1. The van der Waals surface area contributed by atoms with E-state index in [1.54, 1.807) is 20.8 Å². The van der Waals surface area contributed by atoms with Crippen LogP contribution in [0.25, 0.3) is 0 Å². The molecular formula is C11H20O4. The van der Waals surface area contributed by atoms with Gasteiger partial charge in [0.1, 0.15) is 0 Å².